The molecule has 1 aliphatic rings. The molecule has 0 bridgehead atoms. The van der Waals surface area contributed by atoms with E-state index in [0.717, 1.165) is 0 Å². The largest absolute Gasteiger partial charge is 0.474 e. The van der Waals surface area contributed by atoms with Crippen molar-refractivity contribution in [3.05, 3.63) is 6.20 Å². The summed E-state index contributed by atoms with van der Waals surface area (Å²) >= 11 is 0. The summed E-state index contributed by atoms with van der Waals surface area (Å²) in [6, 6.07) is 0. The summed E-state index contributed by atoms with van der Waals surface area (Å²) in [5.74, 6) is 0.485. The van der Waals surface area contributed by atoms with E-state index in [1.165, 1.54) is 6.20 Å². The van der Waals surface area contributed by atoms with Gasteiger partial charge in [0.1, 0.15) is 28.6 Å². The first-order valence-corrected chi connectivity index (χ1v) is 5.31. The first-order valence-electron chi connectivity index (χ1n) is 4.10. The Kier molecular flexibility index (Phi) is 2.53. The molecule has 78 valence electrons. The summed E-state index contributed by atoms with van der Waals surface area (Å²) in [5, 5.41) is 9.27. The lowest BCUT2D eigenvalue weighted by Gasteiger charge is -2.23. The van der Waals surface area contributed by atoms with Crippen LogP contribution in [0.25, 0.3) is 0 Å². The fraction of sp³-hybridized carbons (Fsp3) is 0.571. The second kappa shape index (κ2) is 3.68. The van der Waals surface area contributed by atoms with Crippen LogP contribution in [0.4, 0.5) is 0 Å². The molecule has 6 nitrogen and oxygen atoms in total. The van der Waals surface area contributed by atoms with Crippen LogP contribution in [-0.4, -0.2) is 33.8 Å². The zero-order valence-electron chi connectivity index (χ0n) is 7.67. The van der Waals surface area contributed by atoms with E-state index < -0.39 is 11.0 Å². The van der Waals surface area contributed by atoms with Crippen molar-refractivity contribution in [2.75, 3.05) is 13.7 Å². The molecule has 0 aromatic carbocycles. The van der Waals surface area contributed by atoms with Crippen LogP contribution >= 0.6 is 0 Å². The first-order chi connectivity index (χ1) is 6.72. The van der Waals surface area contributed by atoms with Gasteiger partial charge in [-0.25, -0.2) is 14.0 Å². The van der Waals surface area contributed by atoms with Gasteiger partial charge in [0.2, 0.25) is 5.88 Å². The number of hydrogen-bond donors (Lipinski definition) is 1. The quantitative estimate of drug-likeness (QED) is 0.708. The maximum absolute atomic E-state index is 11.1. The predicted octanol–water partition coefficient (Wildman–Crippen LogP) is -0.728. The predicted molar refractivity (Wildman–Crippen MR) is 49.1 cm³/mol. The molecule has 0 fully saturated rings. The fourth-order valence-electron chi connectivity index (χ4n) is 1.33. The highest BCUT2D eigenvalue weighted by molar-refractivity contribution is 7.82. The molecule has 0 saturated carbocycles. The molecular weight excluding hydrogens is 206 g/mol. The maximum Gasteiger partial charge on any atom is 0.230 e. The van der Waals surface area contributed by atoms with E-state index in [1.807, 2.05) is 0 Å². The Morgan fingerprint density at radius 1 is 1.86 bits per heavy atom. The molecular formula is C7H11N3O3S. The summed E-state index contributed by atoms with van der Waals surface area (Å²) < 4.78 is 23.1. The fourth-order valence-corrected chi connectivity index (χ4v) is 1.82. The lowest BCUT2D eigenvalue weighted by molar-refractivity contribution is 0.0165. The van der Waals surface area contributed by atoms with Crippen molar-refractivity contribution in [3.8, 4) is 5.88 Å². The third kappa shape index (κ3) is 1.54. The minimum atomic E-state index is -1.55. The van der Waals surface area contributed by atoms with E-state index in [0.29, 0.717) is 23.9 Å². The van der Waals surface area contributed by atoms with E-state index in [9.17, 15) is 4.21 Å². The van der Waals surface area contributed by atoms with E-state index in [2.05, 4.69) is 5.10 Å². The number of hydrogen-bond acceptors (Lipinski definition) is 4. The van der Waals surface area contributed by atoms with Gasteiger partial charge in [0.15, 0.2) is 0 Å². The SMILES string of the molecule is COC1COc2c(S(N)=O)cnn2C1. The molecule has 2 atom stereocenters. The van der Waals surface area contributed by atoms with E-state index in [1.54, 1.807) is 11.8 Å². The molecule has 2 rings (SSSR count). The Morgan fingerprint density at radius 3 is 3.29 bits per heavy atom. The van der Waals surface area contributed by atoms with Gasteiger partial charge in [-0.3, -0.25) is 0 Å². The Hall–Kier alpha value is -0.920. The molecule has 0 radical (unpaired) electrons. The monoisotopic (exact) mass is 217 g/mol. The van der Waals surface area contributed by atoms with Crippen LogP contribution in [0.3, 0.4) is 0 Å². The smallest absolute Gasteiger partial charge is 0.230 e. The molecule has 2 N–H and O–H groups in total. The lowest BCUT2D eigenvalue weighted by Crippen LogP contribution is -2.32. The van der Waals surface area contributed by atoms with Crippen LogP contribution in [0.15, 0.2) is 11.1 Å². The molecule has 1 aromatic heterocycles. The second-order valence-corrected chi connectivity index (χ2v) is 4.00. The number of methoxy groups -OCH3 is 1. The molecule has 7 heteroatoms. The van der Waals surface area contributed by atoms with Crippen LogP contribution in [0.1, 0.15) is 0 Å². The highest BCUT2D eigenvalue weighted by Gasteiger charge is 2.24. The lowest BCUT2D eigenvalue weighted by atomic mass is 10.3. The summed E-state index contributed by atoms with van der Waals surface area (Å²) in [7, 11) is 0.0660. The molecule has 2 heterocycles. The maximum atomic E-state index is 11.1. The highest BCUT2D eigenvalue weighted by Crippen LogP contribution is 2.24. The van der Waals surface area contributed by atoms with E-state index >= 15 is 0 Å². The minimum Gasteiger partial charge on any atom is -0.474 e. The van der Waals surface area contributed by atoms with Crippen LogP contribution in [-0.2, 0) is 22.3 Å². The van der Waals surface area contributed by atoms with Crippen LogP contribution in [0, 0.1) is 0 Å². The van der Waals surface area contributed by atoms with Gasteiger partial charge < -0.3 is 9.47 Å². The van der Waals surface area contributed by atoms with Crippen LogP contribution in [0.5, 0.6) is 5.88 Å². The third-order valence-electron chi connectivity index (χ3n) is 2.09. The van der Waals surface area contributed by atoms with Gasteiger partial charge in [0.05, 0.1) is 12.7 Å². The summed E-state index contributed by atoms with van der Waals surface area (Å²) in [6.45, 7) is 1.04. The Morgan fingerprint density at radius 2 is 2.64 bits per heavy atom. The zero-order chi connectivity index (χ0) is 10.1. The Balaban J connectivity index is 2.29. The van der Waals surface area contributed by atoms with Gasteiger partial charge in [0.25, 0.3) is 0 Å². The standard InChI is InChI=1S/C7H11N3O3S/c1-12-5-3-10-7(13-4-5)6(2-9-10)14(8)11/h2,5H,3-4,8H2,1H3. The van der Waals surface area contributed by atoms with Gasteiger partial charge in [-0.15, -0.1) is 0 Å². The van der Waals surface area contributed by atoms with E-state index in [4.69, 9.17) is 14.6 Å². The van der Waals surface area contributed by atoms with Crippen LogP contribution in [0.2, 0.25) is 0 Å². The summed E-state index contributed by atoms with van der Waals surface area (Å²) in [5.41, 5.74) is 0. The van der Waals surface area contributed by atoms with Crippen molar-refractivity contribution in [3.63, 3.8) is 0 Å². The number of fused-ring (bicyclic) bond motifs is 1. The van der Waals surface area contributed by atoms with Crippen molar-refractivity contribution < 1.29 is 13.7 Å². The number of nitrogens with two attached hydrogens (primary N) is 1. The molecule has 0 saturated heterocycles. The zero-order valence-corrected chi connectivity index (χ0v) is 8.49. The topological polar surface area (TPSA) is 79.4 Å². The van der Waals surface area contributed by atoms with Crippen molar-refractivity contribution in [2.45, 2.75) is 17.5 Å². The van der Waals surface area contributed by atoms with Gasteiger partial charge in [0, 0.05) is 7.11 Å². The van der Waals surface area contributed by atoms with E-state index in [-0.39, 0.29) is 6.10 Å². The first kappa shape index (κ1) is 9.63. The van der Waals surface area contributed by atoms with Crippen molar-refractivity contribution in [2.24, 2.45) is 5.14 Å². The number of rotatable bonds is 2. The van der Waals surface area contributed by atoms with Gasteiger partial charge >= 0.3 is 0 Å². The molecule has 1 aromatic rings. The molecule has 2 unspecified atom stereocenters. The summed E-state index contributed by atoms with van der Waals surface area (Å²) in [4.78, 5) is 0.430. The summed E-state index contributed by atoms with van der Waals surface area (Å²) in [6.07, 6.45) is 1.45. The Bertz CT molecular complexity index is 365. The average Bonchev–Trinajstić information content (AvgIpc) is 2.59. The number of nitrogens with zero attached hydrogens (tertiary/aromatic N) is 2. The normalized spacial score (nSPS) is 22.6. The van der Waals surface area contributed by atoms with Gasteiger partial charge in [-0.05, 0) is 0 Å². The molecule has 1 aliphatic heterocycles. The third-order valence-corrected chi connectivity index (χ3v) is 2.81. The van der Waals surface area contributed by atoms with Gasteiger partial charge in [-0.1, -0.05) is 0 Å². The van der Waals surface area contributed by atoms with Gasteiger partial charge in [-0.2, -0.15) is 5.10 Å². The van der Waals surface area contributed by atoms with Crippen molar-refractivity contribution in [1.82, 2.24) is 9.78 Å². The highest BCUT2D eigenvalue weighted by atomic mass is 32.2. The van der Waals surface area contributed by atoms with Crippen LogP contribution < -0.4 is 9.88 Å². The molecule has 14 heavy (non-hydrogen) atoms. The minimum absolute atomic E-state index is 0.0125. The average molecular weight is 217 g/mol. The number of aromatic nitrogens is 2. The molecule has 0 amide bonds. The molecule has 0 spiro atoms. The van der Waals surface area contributed by atoms with Crippen molar-refractivity contribution in [1.29, 1.82) is 0 Å². The number of ether oxygens (including phenoxy) is 2. The van der Waals surface area contributed by atoms with Crippen molar-refractivity contribution >= 4 is 11.0 Å². The second-order valence-electron chi connectivity index (χ2n) is 2.96. The Labute approximate surface area is 83.6 Å². The molecule has 0 aliphatic carbocycles.